The third-order valence-corrected chi connectivity index (χ3v) is 14.8. The number of carbonyl (C=O) groups is 4. The number of oxime groups is 1. The normalized spacial score (nSPS) is 15.8. The third-order valence-electron chi connectivity index (χ3n) is 11.6. The van der Waals surface area contributed by atoms with Gasteiger partial charge < -0.3 is 25.3 Å². The highest BCUT2D eigenvalue weighted by molar-refractivity contribution is 8.01. The highest BCUT2D eigenvalue weighted by atomic mass is 32.2. The van der Waals surface area contributed by atoms with Crippen LogP contribution in [0.2, 0.25) is 0 Å². The fraction of sp³-hybridized carbons (Fsp3) is 0.151. The number of aromatic nitrogens is 2. The Bertz CT molecular complexity index is 2860. The average Bonchev–Trinajstić information content (AvgIpc) is 3.86. The number of β-lactam (4-membered cyclic amide) rings is 1. The molecule has 2 atom stereocenters. The summed E-state index contributed by atoms with van der Waals surface area (Å²) in [4.78, 5) is 65.7. The second-order valence-corrected chi connectivity index (χ2v) is 18.9. The molecule has 13 nitrogen and oxygen atoms in total. The first kappa shape index (κ1) is 46.6. The van der Waals surface area contributed by atoms with E-state index < -0.39 is 46.8 Å². The molecule has 2 aliphatic heterocycles. The number of hydrogen-bond acceptors (Lipinski definition) is 12. The van der Waals surface area contributed by atoms with Gasteiger partial charge in [0.05, 0.1) is 0 Å². The molecule has 4 heterocycles. The van der Waals surface area contributed by atoms with Crippen LogP contribution in [0.3, 0.4) is 0 Å². The number of amides is 2. The van der Waals surface area contributed by atoms with E-state index in [0.29, 0.717) is 22.2 Å². The highest BCUT2D eigenvalue weighted by Crippen LogP contribution is 2.43. The summed E-state index contributed by atoms with van der Waals surface area (Å²) in [6, 6.07) is 52.0. The maximum absolute atomic E-state index is 14.0. The van der Waals surface area contributed by atoms with Crippen LogP contribution in [0.5, 0.6) is 0 Å². The Balaban J connectivity index is 0.852. The van der Waals surface area contributed by atoms with Gasteiger partial charge in [-0.25, -0.2) is 14.6 Å². The van der Waals surface area contributed by atoms with Crippen LogP contribution in [0.1, 0.15) is 39.6 Å². The van der Waals surface area contributed by atoms with Crippen LogP contribution in [0.25, 0.3) is 0 Å². The zero-order chi connectivity index (χ0) is 47.7. The number of fused-ring (bicyclic) bond motifs is 1. The first-order valence-corrected chi connectivity index (χ1v) is 24.8. The number of thiazole rings is 1. The summed E-state index contributed by atoms with van der Waals surface area (Å²) in [5.41, 5.74) is 4.33. The van der Waals surface area contributed by atoms with Crippen molar-refractivity contribution in [1.29, 1.82) is 0 Å². The van der Waals surface area contributed by atoms with Gasteiger partial charge in [0.1, 0.15) is 35.5 Å². The number of carboxylic acids is 1. The lowest BCUT2D eigenvalue weighted by Gasteiger charge is -2.49. The number of benzene rings is 5. The number of hydrogen-bond donors (Lipinski definition) is 3. The van der Waals surface area contributed by atoms with E-state index in [1.54, 1.807) is 22.3 Å². The summed E-state index contributed by atoms with van der Waals surface area (Å²) in [6.07, 6.45) is 2.98. The lowest BCUT2D eigenvalue weighted by molar-refractivity contribution is -0.686. The Labute approximate surface area is 410 Å². The number of esters is 1. The first-order valence-electron chi connectivity index (χ1n) is 21.9. The van der Waals surface area contributed by atoms with E-state index in [1.165, 1.54) is 46.9 Å². The minimum Gasteiger partial charge on any atom is -0.477 e. The van der Waals surface area contributed by atoms with Crippen LogP contribution < -0.4 is 15.2 Å². The Hall–Kier alpha value is -7.53. The number of pyridine rings is 1. The van der Waals surface area contributed by atoms with Gasteiger partial charge in [-0.05, 0) is 33.4 Å². The van der Waals surface area contributed by atoms with Gasteiger partial charge in [-0.3, -0.25) is 14.5 Å². The second-order valence-electron chi connectivity index (χ2n) is 15.9. The monoisotopic (exact) mass is 973 g/mol. The van der Waals surface area contributed by atoms with E-state index in [4.69, 9.17) is 14.6 Å². The lowest BCUT2D eigenvalue weighted by Crippen LogP contribution is -2.71. The molecule has 16 heteroatoms. The zero-order valence-corrected chi connectivity index (χ0v) is 39.5. The number of aliphatic carboxylic acids is 1. The molecule has 0 saturated carbocycles. The van der Waals surface area contributed by atoms with Gasteiger partial charge in [0.25, 0.3) is 11.8 Å². The van der Waals surface area contributed by atoms with Crippen molar-refractivity contribution in [3.63, 3.8) is 0 Å². The molecule has 69 heavy (non-hydrogen) atoms. The fourth-order valence-corrected chi connectivity index (χ4v) is 11.5. The molecule has 1 fully saturated rings. The summed E-state index contributed by atoms with van der Waals surface area (Å²) in [5.74, 6) is -2.26. The lowest BCUT2D eigenvalue weighted by atomic mass is 9.77. The molecule has 1 saturated heterocycles. The Morgan fingerprint density at radius 2 is 1.36 bits per heavy atom. The Morgan fingerprint density at radius 3 is 1.88 bits per heavy atom. The number of rotatable bonds is 18. The van der Waals surface area contributed by atoms with Crippen LogP contribution in [0.15, 0.2) is 203 Å². The average molecular weight is 974 g/mol. The van der Waals surface area contributed by atoms with Crippen LogP contribution in [-0.4, -0.2) is 74.5 Å². The van der Waals surface area contributed by atoms with Gasteiger partial charge in [-0.15, -0.1) is 34.9 Å². The van der Waals surface area contributed by atoms with Crippen molar-refractivity contribution in [2.75, 3.05) is 23.9 Å². The molecule has 3 N–H and O–H groups in total. The van der Waals surface area contributed by atoms with Gasteiger partial charge in [-0.2, -0.15) is 4.57 Å². The number of carbonyl (C=O) groups excluding carboxylic acids is 3. The van der Waals surface area contributed by atoms with E-state index >= 15 is 0 Å². The topological polar surface area (TPSA) is 163 Å². The molecule has 2 aliphatic rings. The van der Waals surface area contributed by atoms with E-state index in [2.05, 4.69) is 52.2 Å². The van der Waals surface area contributed by atoms with E-state index in [0.717, 1.165) is 32.7 Å². The van der Waals surface area contributed by atoms with E-state index in [1.807, 2.05) is 127 Å². The molecule has 5 aromatic carbocycles. The van der Waals surface area contributed by atoms with E-state index in [-0.39, 0.29) is 23.6 Å². The van der Waals surface area contributed by atoms with Gasteiger partial charge in [-0.1, -0.05) is 157 Å². The van der Waals surface area contributed by atoms with Crippen molar-refractivity contribution >= 4 is 69.5 Å². The maximum Gasteiger partial charge on any atom is 0.373 e. The summed E-state index contributed by atoms with van der Waals surface area (Å²) in [5, 5.41) is 22.5. The molecule has 7 aromatic rings. The summed E-state index contributed by atoms with van der Waals surface area (Å²) < 4.78 is 7.69. The van der Waals surface area contributed by atoms with Crippen LogP contribution >= 0.6 is 34.9 Å². The van der Waals surface area contributed by atoms with Gasteiger partial charge >= 0.3 is 11.9 Å². The summed E-state index contributed by atoms with van der Waals surface area (Å²) in [7, 11) is 1.32. The molecular weight excluding hydrogens is 929 g/mol. The van der Waals surface area contributed by atoms with Crippen LogP contribution in [-0.2, 0) is 40.8 Å². The predicted octanol–water partition coefficient (Wildman–Crippen LogP) is 8.05. The molecular formula is C53H45N6O7S3+. The van der Waals surface area contributed by atoms with Crippen molar-refractivity contribution in [3.8, 4) is 0 Å². The van der Waals surface area contributed by atoms with Gasteiger partial charge in [0.15, 0.2) is 29.3 Å². The highest BCUT2D eigenvalue weighted by Gasteiger charge is 2.54. The summed E-state index contributed by atoms with van der Waals surface area (Å²) in [6.45, 7) is -0.0119. The molecule has 346 valence electrons. The van der Waals surface area contributed by atoms with Crippen LogP contribution in [0, 0.1) is 0 Å². The zero-order valence-electron chi connectivity index (χ0n) is 37.1. The van der Waals surface area contributed by atoms with Crippen molar-refractivity contribution in [2.45, 2.75) is 34.5 Å². The molecule has 0 spiro atoms. The molecule has 0 aliphatic carbocycles. The SMILES string of the molecule is CO/N=C(\C(=O)N[C@@H]1C(=O)N2C(C(=O)O)=C(CSc3cc[n+](CC(=O)OC(c4ccccc4)c4ccccc4)cc3)CS[C@H]12)c1csc(NC(c2ccccc2)(c2ccccc2)c2ccccc2)n1. The molecule has 2 amide bonds. The number of carboxylic acid groups (broad SMARTS) is 1. The number of anilines is 1. The number of nitrogens with one attached hydrogen (secondary N) is 2. The molecule has 0 bridgehead atoms. The number of ether oxygens (including phenoxy) is 1. The minimum atomic E-state index is -1.23. The standard InChI is InChI=1S/C53H44N6O7S3/c1-65-57-44(42-34-69-52(54-42)56-53(38-21-11-4-12-22-38,39-23-13-5-14-24-39)40-25-15-6-16-26-40)48(61)55-45-49(62)59-46(51(63)64)37(33-68-50(45)59)32-67-41-27-29-58(30-28-41)31-43(60)66-47(35-17-7-2-8-18-35)36-19-9-3-10-20-36/h2-30,34,45,47,50H,31-33H2,1H3,(H2-,54,55,56,61,63,64)/p+1/b57-44-/t45-,50-/m1/s1. The van der Waals surface area contributed by atoms with Gasteiger partial charge in [0, 0.05) is 33.9 Å². The molecule has 2 aromatic heterocycles. The van der Waals surface area contributed by atoms with E-state index in [9.17, 15) is 24.3 Å². The fourth-order valence-electron chi connectivity index (χ4n) is 8.40. The van der Waals surface area contributed by atoms with Crippen LogP contribution in [0.4, 0.5) is 5.13 Å². The number of thioether (sulfide) groups is 2. The quantitative estimate of drug-likeness (QED) is 0.0145. The number of nitrogens with zero attached hydrogens (tertiary/aromatic N) is 4. The minimum absolute atomic E-state index is 0.0119. The second kappa shape index (κ2) is 21.2. The van der Waals surface area contributed by atoms with Crippen molar-refractivity contribution in [1.82, 2.24) is 15.2 Å². The Morgan fingerprint density at radius 1 is 0.826 bits per heavy atom. The third kappa shape index (κ3) is 10.0. The largest absolute Gasteiger partial charge is 0.477 e. The smallest absolute Gasteiger partial charge is 0.373 e. The molecule has 0 unspecified atom stereocenters. The van der Waals surface area contributed by atoms with Crippen molar-refractivity contribution < 1.29 is 38.4 Å². The molecule has 0 radical (unpaired) electrons. The maximum atomic E-state index is 14.0. The Kier molecular flexibility index (Phi) is 14.3. The first-order chi connectivity index (χ1) is 33.7. The van der Waals surface area contributed by atoms with Gasteiger partial charge in [0.2, 0.25) is 6.54 Å². The predicted molar refractivity (Wildman–Crippen MR) is 266 cm³/mol. The van der Waals surface area contributed by atoms with Crippen molar-refractivity contribution in [2.24, 2.45) is 5.16 Å². The molecule has 9 rings (SSSR count). The summed E-state index contributed by atoms with van der Waals surface area (Å²) >= 11 is 4.08. The van der Waals surface area contributed by atoms with Crippen molar-refractivity contribution in [3.05, 3.63) is 226 Å².